The lowest BCUT2D eigenvalue weighted by atomic mass is 10.1. The number of azo groups is 1. The predicted octanol–water partition coefficient (Wildman–Crippen LogP) is 3.14. The zero-order valence-electron chi connectivity index (χ0n) is 10.8. The van der Waals surface area contributed by atoms with Crippen LogP contribution in [0.15, 0.2) is 46.6 Å². The minimum atomic E-state index is 0.181. The first-order chi connectivity index (χ1) is 10.2. The van der Waals surface area contributed by atoms with Gasteiger partial charge in [0.25, 0.3) is 0 Å². The topological polar surface area (TPSA) is 60.7 Å². The largest absolute Gasteiger partial charge is 0.494 e. The van der Waals surface area contributed by atoms with E-state index in [1.807, 2.05) is 42.5 Å². The molecule has 1 aromatic heterocycles. The molecule has 21 heavy (non-hydrogen) atoms. The van der Waals surface area contributed by atoms with Gasteiger partial charge in [-0.1, -0.05) is 30.3 Å². The molecule has 0 aliphatic carbocycles. The molecule has 5 heteroatoms. The van der Waals surface area contributed by atoms with Crippen LogP contribution in [0.5, 0.6) is 5.88 Å². The van der Waals surface area contributed by atoms with Crippen molar-refractivity contribution in [3.63, 3.8) is 0 Å². The zero-order valence-corrected chi connectivity index (χ0v) is 13.0. The first-order valence-electron chi connectivity index (χ1n) is 6.45. The molecule has 0 fully saturated rings. The van der Waals surface area contributed by atoms with Crippen LogP contribution >= 0.6 is 22.6 Å². The molecule has 0 amide bonds. The van der Waals surface area contributed by atoms with E-state index in [0.29, 0.717) is 0 Å². The predicted molar refractivity (Wildman–Crippen MR) is 90.9 cm³/mol. The van der Waals surface area contributed by atoms with Crippen LogP contribution in [-0.2, 0) is 0 Å². The van der Waals surface area contributed by atoms with E-state index < -0.39 is 0 Å². The highest BCUT2D eigenvalue weighted by Gasteiger charge is 2.10. The summed E-state index contributed by atoms with van der Waals surface area (Å²) in [5, 5.41) is 21.3. The van der Waals surface area contributed by atoms with E-state index in [2.05, 4.69) is 37.8 Å². The monoisotopic (exact) mass is 387 g/mol. The van der Waals surface area contributed by atoms with Gasteiger partial charge < -0.3 is 10.1 Å². The van der Waals surface area contributed by atoms with Crippen molar-refractivity contribution >= 4 is 51.5 Å². The second kappa shape index (κ2) is 4.70. The Morgan fingerprint density at radius 2 is 2.00 bits per heavy atom. The van der Waals surface area contributed by atoms with Crippen LogP contribution in [0.25, 0.3) is 23.2 Å². The van der Waals surface area contributed by atoms with Crippen LogP contribution in [0.4, 0.5) is 5.69 Å². The molecular formula is C16H10IN3O. The van der Waals surface area contributed by atoms with E-state index in [1.165, 1.54) is 0 Å². The molecule has 2 heterocycles. The maximum atomic E-state index is 10.1. The van der Waals surface area contributed by atoms with Crippen LogP contribution in [-0.4, -0.2) is 10.1 Å². The van der Waals surface area contributed by atoms with Crippen molar-refractivity contribution < 1.29 is 5.11 Å². The normalized spacial score (nSPS) is 13.7. The Morgan fingerprint density at radius 3 is 2.90 bits per heavy atom. The number of fused-ring (bicyclic) bond motifs is 2. The van der Waals surface area contributed by atoms with Gasteiger partial charge in [-0.3, -0.25) is 0 Å². The number of halogens is 1. The first kappa shape index (κ1) is 12.6. The average molecular weight is 387 g/mol. The number of para-hydroxylation sites is 1. The summed E-state index contributed by atoms with van der Waals surface area (Å²) in [5.74, 6) is 0.181. The summed E-state index contributed by atoms with van der Waals surface area (Å²) in [6, 6.07) is 11.9. The Hall–Kier alpha value is -2.15. The quantitative estimate of drug-likeness (QED) is 0.620. The third-order valence-corrected chi connectivity index (χ3v) is 4.69. The van der Waals surface area contributed by atoms with Crippen molar-refractivity contribution in [2.75, 3.05) is 0 Å². The standard InChI is InChI=1S/C16H10IN3O/c17-14-9(5-6-10-8-18-20-15(10)14)7-12-11-3-1-2-4-13(11)19-16(12)21/h1-8,19,21H. The van der Waals surface area contributed by atoms with Gasteiger partial charge in [0, 0.05) is 25.3 Å². The van der Waals surface area contributed by atoms with Gasteiger partial charge in [0.15, 0.2) is 5.88 Å². The lowest BCUT2D eigenvalue weighted by molar-refractivity contribution is 0.457. The number of rotatable bonds is 1. The fourth-order valence-corrected chi connectivity index (χ4v) is 3.27. The van der Waals surface area contributed by atoms with Gasteiger partial charge >= 0.3 is 0 Å². The van der Waals surface area contributed by atoms with E-state index in [4.69, 9.17) is 0 Å². The molecule has 2 aromatic carbocycles. The molecule has 1 aliphatic rings. The Labute approximate surface area is 133 Å². The van der Waals surface area contributed by atoms with Gasteiger partial charge in [-0.05, 0) is 40.0 Å². The number of hydrogen-bond donors (Lipinski definition) is 2. The van der Waals surface area contributed by atoms with Crippen LogP contribution in [0.3, 0.4) is 0 Å². The molecule has 0 saturated carbocycles. The van der Waals surface area contributed by atoms with Gasteiger partial charge in [0.05, 0.1) is 6.20 Å². The molecule has 2 N–H and O–H groups in total. The number of nitrogens with zero attached hydrogens (tertiary/aromatic N) is 2. The summed E-state index contributed by atoms with van der Waals surface area (Å²) in [4.78, 5) is 2.99. The molecule has 102 valence electrons. The molecule has 0 spiro atoms. The van der Waals surface area contributed by atoms with Gasteiger partial charge in [-0.2, -0.15) is 5.11 Å². The van der Waals surface area contributed by atoms with E-state index >= 15 is 0 Å². The summed E-state index contributed by atoms with van der Waals surface area (Å²) in [6.07, 6.45) is 3.73. The van der Waals surface area contributed by atoms with Crippen molar-refractivity contribution in [2.24, 2.45) is 10.2 Å². The van der Waals surface area contributed by atoms with E-state index in [-0.39, 0.29) is 5.88 Å². The maximum Gasteiger partial charge on any atom is 0.196 e. The van der Waals surface area contributed by atoms with Gasteiger partial charge in [0.1, 0.15) is 5.69 Å². The molecule has 0 saturated heterocycles. The number of aromatic nitrogens is 1. The second-order valence-corrected chi connectivity index (χ2v) is 5.91. The highest BCUT2D eigenvalue weighted by Crippen LogP contribution is 2.27. The van der Waals surface area contributed by atoms with Crippen molar-refractivity contribution in [1.82, 2.24) is 4.98 Å². The molecule has 0 radical (unpaired) electrons. The molecular weight excluding hydrogens is 377 g/mol. The van der Waals surface area contributed by atoms with Crippen LogP contribution < -0.4 is 10.4 Å². The number of aromatic hydroxyl groups is 1. The lowest BCUT2D eigenvalue weighted by Gasteiger charge is -1.98. The molecule has 3 aromatic rings. The average Bonchev–Trinajstić information content (AvgIpc) is 3.07. The van der Waals surface area contributed by atoms with Crippen molar-refractivity contribution in [3.8, 4) is 5.88 Å². The maximum absolute atomic E-state index is 10.1. The minimum Gasteiger partial charge on any atom is -0.494 e. The van der Waals surface area contributed by atoms with E-state index in [9.17, 15) is 5.11 Å². The number of nitrogens with one attached hydrogen (secondary N) is 1. The van der Waals surface area contributed by atoms with Gasteiger partial charge in [-0.15, -0.1) is 5.11 Å². The van der Waals surface area contributed by atoms with Gasteiger partial charge in [-0.25, -0.2) is 0 Å². The molecule has 0 unspecified atom stereocenters. The van der Waals surface area contributed by atoms with Gasteiger partial charge in [0.2, 0.25) is 0 Å². The highest BCUT2D eigenvalue weighted by atomic mass is 127. The molecule has 1 aliphatic heterocycles. The Morgan fingerprint density at radius 1 is 1.14 bits per heavy atom. The van der Waals surface area contributed by atoms with Crippen LogP contribution in [0.2, 0.25) is 0 Å². The van der Waals surface area contributed by atoms with Crippen LogP contribution in [0.1, 0.15) is 5.56 Å². The third kappa shape index (κ3) is 1.96. The molecule has 0 bridgehead atoms. The van der Waals surface area contributed by atoms with E-state index in [0.717, 1.165) is 36.2 Å². The van der Waals surface area contributed by atoms with Crippen molar-refractivity contribution in [3.05, 3.63) is 56.0 Å². The Kier molecular flexibility index (Phi) is 2.81. The van der Waals surface area contributed by atoms with Crippen molar-refractivity contribution in [2.45, 2.75) is 0 Å². The fraction of sp³-hybridized carbons (Fsp3) is 0. The number of aromatic amines is 1. The fourth-order valence-electron chi connectivity index (χ4n) is 2.51. The first-order valence-corrected chi connectivity index (χ1v) is 7.53. The summed E-state index contributed by atoms with van der Waals surface area (Å²) < 4.78 is 1.03. The minimum absolute atomic E-state index is 0.181. The summed E-state index contributed by atoms with van der Waals surface area (Å²) in [5.41, 5.74) is 2.61. The van der Waals surface area contributed by atoms with E-state index in [1.54, 1.807) is 6.20 Å². The SMILES string of the molecule is Oc1[nH]c2ccccc2c1C=c1ccc2c(c1I)N=NC=2. The summed E-state index contributed by atoms with van der Waals surface area (Å²) >= 11 is 2.27. The molecule has 4 rings (SSSR count). The Bertz CT molecular complexity index is 1020. The third-order valence-electron chi connectivity index (χ3n) is 3.56. The number of hydrogen-bond acceptors (Lipinski definition) is 3. The molecule has 4 nitrogen and oxygen atoms in total. The zero-order chi connectivity index (χ0) is 14.4. The smallest absolute Gasteiger partial charge is 0.196 e. The molecule has 0 atom stereocenters. The lowest BCUT2D eigenvalue weighted by Crippen LogP contribution is -2.12. The summed E-state index contributed by atoms with van der Waals surface area (Å²) in [6.45, 7) is 0. The van der Waals surface area contributed by atoms with Crippen molar-refractivity contribution in [1.29, 1.82) is 0 Å². The number of benzene rings is 2. The number of H-pyrrole nitrogens is 1. The second-order valence-electron chi connectivity index (χ2n) is 4.83. The Balaban J connectivity index is 2.02. The van der Waals surface area contributed by atoms with Crippen LogP contribution in [0, 0.1) is 3.57 Å². The highest BCUT2D eigenvalue weighted by molar-refractivity contribution is 14.1. The summed E-state index contributed by atoms with van der Waals surface area (Å²) in [7, 11) is 0.